The molecule has 0 radical (unpaired) electrons. The van der Waals surface area contributed by atoms with Crippen molar-refractivity contribution in [1.82, 2.24) is 4.98 Å². The van der Waals surface area contributed by atoms with Crippen molar-refractivity contribution in [2.24, 2.45) is 0 Å². The SMILES string of the molecule is Cc1c(C(=O)c2ccccc2)[nH]c(C(=O)O)c1CC(=O)O. The van der Waals surface area contributed by atoms with E-state index in [1.807, 2.05) is 0 Å². The minimum Gasteiger partial charge on any atom is -0.481 e. The van der Waals surface area contributed by atoms with Crippen LogP contribution < -0.4 is 0 Å². The Morgan fingerprint density at radius 1 is 1.05 bits per heavy atom. The molecule has 21 heavy (non-hydrogen) atoms. The quantitative estimate of drug-likeness (QED) is 0.728. The van der Waals surface area contributed by atoms with E-state index in [0.29, 0.717) is 11.1 Å². The normalized spacial score (nSPS) is 10.3. The fourth-order valence-electron chi connectivity index (χ4n) is 2.15. The molecule has 0 atom stereocenters. The van der Waals surface area contributed by atoms with Crippen LogP contribution in [0.2, 0.25) is 0 Å². The van der Waals surface area contributed by atoms with Gasteiger partial charge in [0.15, 0.2) is 0 Å². The van der Waals surface area contributed by atoms with Crippen molar-refractivity contribution in [2.45, 2.75) is 13.3 Å². The van der Waals surface area contributed by atoms with Gasteiger partial charge in [0, 0.05) is 5.56 Å². The summed E-state index contributed by atoms with van der Waals surface area (Å²) in [7, 11) is 0. The number of nitrogens with one attached hydrogen (secondary N) is 1. The number of aromatic amines is 1. The molecule has 108 valence electrons. The lowest BCUT2D eigenvalue weighted by atomic mass is 10.0. The minimum atomic E-state index is -1.29. The predicted molar refractivity (Wildman–Crippen MR) is 73.7 cm³/mol. The number of hydrogen-bond acceptors (Lipinski definition) is 3. The number of aromatic carboxylic acids is 1. The van der Waals surface area contributed by atoms with Crippen LogP contribution in [0.4, 0.5) is 0 Å². The molecule has 0 spiro atoms. The zero-order valence-corrected chi connectivity index (χ0v) is 11.2. The first-order valence-corrected chi connectivity index (χ1v) is 6.18. The lowest BCUT2D eigenvalue weighted by Gasteiger charge is -2.01. The largest absolute Gasteiger partial charge is 0.481 e. The molecule has 0 amide bonds. The molecule has 0 saturated heterocycles. The molecule has 0 unspecified atom stereocenters. The molecule has 0 aliphatic carbocycles. The van der Waals surface area contributed by atoms with Gasteiger partial charge in [-0.05, 0) is 18.1 Å². The summed E-state index contributed by atoms with van der Waals surface area (Å²) < 4.78 is 0. The second-order valence-corrected chi connectivity index (χ2v) is 4.55. The Morgan fingerprint density at radius 3 is 2.19 bits per heavy atom. The highest BCUT2D eigenvalue weighted by molar-refractivity contribution is 6.10. The van der Waals surface area contributed by atoms with Crippen LogP contribution in [0, 0.1) is 6.92 Å². The fraction of sp³-hybridized carbons (Fsp3) is 0.133. The highest BCUT2D eigenvalue weighted by atomic mass is 16.4. The third kappa shape index (κ3) is 2.84. The molecule has 6 nitrogen and oxygen atoms in total. The van der Waals surface area contributed by atoms with Gasteiger partial charge in [-0.25, -0.2) is 4.79 Å². The van der Waals surface area contributed by atoms with Crippen molar-refractivity contribution in [2.75, 3.05) is 0 Å². The molecular formula is C15H13NO5. The summed E-state index contributed by atoms with van der Waals surface area (Å²) in [5, 5.41) is 18.0. The number of carbonyl (C=O) groups excluding carboxylic acids is 1. The van der Waals surface area contributed by atoms with Crippen molar-refractivity contribution < 1.29 is 24.6 Å². The summed E-state index contributed by atoms with van der Waals surface area (Å²) in [6.45, 7) is 1.54. The van der Waals surface area contributed by atoms with Crippen LogP contribution in [0.25, 0.3) is 0 Å². The van der Waals surface area contributed by atoms with E-state index in [2.05, 4.69) is 4.98 Å². The van der Waals surface area contributed by atoms with Gasteiger partial charge in [0.05, 0.1) is 12.1 Å². The van der Waals surface area contributed by atoms with E-state index >= 15 is 0 Å². The lowest BCUT2D eigenvalue weighted by molar-refractivity contribution is -0.136. The minimum absolute atomic E-state index is 0.106. The van der Waals surface area contributed by atoms with Gasteiger partial charge in [-0.1, -0.05) is 30.3 Å². The van der Waals surface area contributed by atoms with Gasteiger partial charge >= 0.3 is 11.9 Å². The number of carbonyl (C=O) groups is 3. The topological polar surface area (TPSA) is 107 Å². The van der Waals surface area contributed by atoms with Crippen LogP contribution in [-0.2, 0) is 11.2 Å². The van der Waals surface area contributed by atoms with Gasteiger partial charge in [0.2, 0.25) is 5.78 Å². The number of ketones is 1. The standard InChI is InChI=1S/C15H13NO5/c1-8-10(7-11(17)18)13(15(20)21)16-12(8)14(19)9-5-3-2-4-6-9/h2-6,16H,7H2,1H3,(H,17,18)(H,20,21). The lowest BCUT2D eigenvalue weighted by Crippen LogP contribution is -2.07. The van der Waals surface area contributed by atoms with Crippen molar-refractivity contribution in [1.29, 1.82) is 0 Å². The third-order valence-electron chi connectivity index (χ3n) is 3.18. The number of rotatable bonds is 5. The van der Waals surface area contributed by atoms with Gasteiger partial charge in [-0.15, -0.1) is 0 Å². The number of carboxylic acids is 2. The first kappa shape index (κ1) is 14.5. The number of H-pyrrole nitrogens is 1. The molecule has 3 N–H and O–H groups in total. The Morgan fingerprint density at radius 2 is 1.67 bits per heavy atom. The van der Waals surface area contributed by atoms with Crippen LogP contribution in [0.5, 0.6) is 0 Å². The Labute approximate surface area is 120 Å². The van der Waals surface area contributed by atoms with Crippen molar-refractivity contribution in [3.05, 3.63) is 58.4 Å². The van der Waals surface area contributed by atoms with E-state index < -0.39 is 18.4 Å². The average molecular weight is 287 g/mol. The number of carboxylic acid groups (broad SMARTS) is 2. The van der Waals surface area contributed by atoms with Crippen molar-refractivity contribution in [3.8, 4) is 0 Å². The predicted octanol–water partition coefficient (Wildman–Crippen LogP) is 1.88. The average Bonchev–Trinajstić information content (AvgIpc) is 2.76. The highest BCUT2D eigenvalue weighted by Gasteiger charge is 2.24. The molecule has 1 heterocycles. The molecule has 2 aromatic rings. The summed E-state index contributed by atoms with van der Waals surface area (Å²) in [5.74, 6) is -2.81. The molecular weight excluding hydrogens is 274 g/mol. The number of benzene rings is 1. The molecule has 0 aliphatic rings. The van der Waals surface area contributed by atoms with Crippen LogP contribution in [0.3, 0.4) is 0 Å². The van der Waals surface area contributed by atoms with E-state index in [0.717, 1.165) is 0 Å². The first-order valence-electron chi connectivity index (χ1n) is 6.18. The second-order valence-electron chi connectivity index (χ2n) is 4.55. The van der Waals surface area contributed by atoms with Crippen LogP contribution in [0.1, 0.15) is 37.7 Å². The summed E-state index contributed by atoms with van der Waals surface area (Å²) in [4.78, 5) is 37.0. The van der Waals surface area contributed by atoms with E-state index in [1.165, 1.54) is 6.92 Å². The maximum atomic E-state index is 12.4. The van der Waals surface area contributed by atoms with Crippen LogP contribution in [-0.4, -0.2) is 32.9 Å². The van der Waals surface area contributed by atoms with Gasteiger partial charge in [-0.2, -0.15) is 0 Å². The summed E-state index contributed by atoms with van der Waals surface area (Å²) in [6, 6.07) is 8.38. The third-order valence-corrected chi connectivity index (χ3v) is 3.18. The Kier molecular flexibility index (Phi) is 3.89. The van der Waals surface area contributed by atoms with Gasteiger partial charge in [0.25, 0.3) is 0 Å². The Balaban J connectivity index is 2.53. The van der Waals surface area contributed by atoms with Gasteiger partial charge < -0.3 is 15.2 Å². The molecule has 0 fully saturated rings. The fourth-order valence-corrected chi connectivity index (χ4v) is 2.15. The van der Waals surface area contributed by atoms with E-state index in [9.17, 15) is 14.4 Å². The highest BCUT2D eigenvalue weighted by Crippen LogP contribution is 2.22. The van der Waals surface area contributed by atoms with Gasteiger partial charge in [-0.3, -0.25) is 9.59 Å². The molecule has 6 heteroatoms. The molecule has 0 aliphatic heterocycles. The van der Waals surface area contributed by atoms with Crippen molar-refractivity contribution >= 4 is 17.7 Å². The maximum Gasteiger partial charge on any atom is 0.352 e. The maximum absolute atomic E-state index is 12.4. The molecule has 0 bridgehead atoms. The molecule has 1 aromatic carbocycles. The monoisotopic (exact) mass is 287 g/mol. The first-order chi connectivity index (χ1) is 9.91. The second kappa shape index (κ2) is 5.62. The summed E-state index contributed by atoms with van der Waals surface area (Å²) in [5.41, 5.74) is 0.725. The zero-order valence-electron chi connectivity index (χ0n) is 11.2. The summed E-state index contributed by atoms with van der Waals surface area (Å²) >= 11 is 0. The Hall–Kier alpha value is -2.89. The number of aromatic nitrogens is 1. The van der Waals surface area contributed by atoms with Gasteiger partial charge in [0.1, 0.15) is 5.69 Å². The number of aliphatic carboxylic acids is 1. The summed E-state index contributed by atoms with van der Waals surface area (Å²) in [6.07, 6.45) is -0.452. The van der Waals surface area contributed by atoms with Crippen LogP contribution in [0.15, 0.2) is 30.3 Å². The van der Waals surface area contributed by atoms with Crippen LogP contribution >= 0.6 is 0 Å². The van der Waals surface area contributed by atoms with E-state index in [-0.39, 0.29) is 22.7 Å². The van der Waals surface area contributed by atoms with E-state index in [4.69, 9.17) is 10.2 Å². The Bertz CT molecular complexity index is 715. The van der Waals surface area contributed by atoms with E-state index in [1.54, 1.807) is 30.3 Å². The smallest absolute Gasteiger partial charge is 0.352 e. The zero-order chi connectivity index (χ0) is 15.6. The molecule has 2 rings (SSSR count). The van der Waals surface area contributed by atoms with Crippen molar-refractivity contribution in [3.63, 3.8) is 0 Å². The molecule has 1 aromatic heterocycles. The molecule has 0 saturated carbocycles. The number of hydrogen-bond donors (Lipinski definition) is 3.